The first-order chi connectivity index (χ1) is 9.56. The lowest BCUT2D eigenvalue weighted by molar-refractivity contribution is -0.384. The van der Waals surface area contributed by atoms with Crippen molar-refractivity contribution in [3.05, 3.63) is 39.8 Å². The van der Waals surface area contributed by atoms with Gasteiger partial charge in [-0.05, 0) is 13.3 Å². The van der Waals surface area contributed by atoms with E-state index in [1.165, 1.54) is 16.8 Å². The maximum Gasteiger partial charge on any atom is 0.287 e. The third kappa shape index (κ3) is 2.53. The Hall–Kier alpha value is -2.64. The van der Waals surface area contributed by atoms with Crippen molar-refractivity contribution in [1.29, 1.82) is 0 Å². The number of aryl methyl sites for hydroxylation is 2. The highest BCUT2D eigenvalue weighted by Gasteiger charge is 2.19. The quantitative estimate of drug-likeness (QED) is 0.643. The van der Waals surface area contributed by atoms with Gasteiger partial charge in [-0.2, -0.15) is 5.10 Å². The van der Waals surface area contributed by atoms with Crippen LogP contribution in [-0.2, 0) is 13.0 Å². The monoisotopic (exact) mass is 277 g/mol. The Labute approximate surface area is 114 Å². The Morgan fingerprint density at radius 3 is 2.90 bits per heavy atom. The number of nitro groups is 1. The SMILES string of the molecule is CCc1cn[nH]c1NC(=O)c1cc([N+](=O)[O-])cn1CC. The van der Waals surface area contributed by atoms with Crippen LogP contribution in [0.25, 0.3) is 0 Å². The van der Waals surface area contributed by atoms with Gasteiger partial charge < -0.3 is 9.88 Å². The molecule has 0 aliphatic rings. The van der Waals surface area contributed by atoms with Gasteiger partial charge in [-0.25, -0.2) is 0 Å². The molecule has 2 N–H and O–H groups in total. The molecule has 0 aromatic carbocycles. The van der Waals surface area contributed by atoms with Crippen molar-refractivity contribution in [3.8, 4) is 0 Å². The van der Waals surface area contributed by atoms with Crippen molar-refractivity contribution in [2.45, 2.75) is 26.8 Å². The average Bonchev–Trinajstić information content (AvgIpc) is 3.04. The standard InChI is InChI=1S/C12H15N5O3/c1-3-8-6-13-15-11(8)14-12(18)10-5-9(17(19)20)7-16(10)4-2/h5-7H,3-4H2,1-2H3,(H2,13,14,15,18). The van der Waals surface area contributed by atoms with E-state index in [-0.39, 0.29) is 11.4 Å². The van der Waals surface area contributed by atoms with Crippen LogP contribution in [0.15, 0.2) is 18.5 Å². The van der Waals surface area contributed by atoms with Gasteiger partial charge >= 0.3 is 0 Å². The van der Waals surface area contributed by atoms with Crippen molar-refractivity contribution in [2.75, 3.05) is 5.32 Å². The topological polar surface area (TPSA) is 106 Å². The number of anilines is 1. The summed E-state index contributed by atoms with van der Waals surface area (Å²) in [5.74, 6) is 0.114. The van der Waals surface area contributed by atoms with Gasteiger partial charge in [-0.15, -0.1) is 0 Å². The molecule has 2 aromatic rings. The Kier molecular flexibility index (Phi) is 3.83. The minimum atomic E-state index is -0.517. The van der Waals surface area contributed by atoms with E-state index in [1.54, 1.807) is 6.20 Å². The normalized spacial score (nSPS) is 10.5. The van der Waals surface area contributed by atoms with Gasteiger partial charge in [0.1, 0.15) is 11.5 Å². The summed E-state index contributed by atoms with van der Waals surface area (Å²) in [5, 5.41) is 20.0. The predicted octanol–water partition coefficient (Wildman–Crippen LogP) is 1.95. The summed E-state index contributed by atoms with van der Waals surface area (Å²) in [5.41, 5.74) is 1.02. The van der Waals surface area contributed by atoms with Crippen molar-refractivity contribution in [2.24, 2.45) is 0 Å². The fourth-order valence-corrected chi connectivity index (χ4v) is 1.91. The van der Waals surface area contributed by atoms with Gasteiger partial charge in [0, 0.05) is 18.2 Å². The number of rotatable bonds is 5. The van der Waals surface area contributed by atoms with E-state index < -0.39 is 10.8 Å². The molecule has 2 aromatic heterocycles. The Morgan fingerprint density at radius 1 is 1.55 bits per heavy atom. The van der Waals surface area contributed by atoms with Crippen LogP contribution in [0.4, 0.5) is 11.5 Å². The molecule has 0 unspecified atom stereocenters. The summed E-state index contributed by atoms with van der Waals surface area (Å²) >= 11 is 0. The van der Waals surface area contributed by atoms with Crippen molar-refractivity contribution < 1.29 is 9.72 Å². The highest BCUT2D eigenvalue weighted by molar-refractivity contribution is 6.03. The molecule has 0 aliphatic carbocycles. The third-order valence-electron chi connectivity index (χ3n) is 3.00. The minimum absolute atomic E-state index is 0.0997. The van der Waals surface area contributed by atoms with E-state index in [2.05, 4.69) is 15.5 Å². The van der Waals surface area contributed by atoms with E-state index in [4.69, 9.17) is 0 Å². The molecule has 0 fully saturated rings. The molecule has 0 atom stereocenters. The zero-order valence-electron chi connectivity index (χ0n) is 11.2. The van der Waals surface area contributed by atoms with Crippen LogP contribution in [0.5, 0.6) is 0 Å². The van der Waals surface area contributed by atoms with Gasteiger partial charge in [0.05, 0.1) is 17.3 Å². The summed E-state index contributed by atoms with van der Waals surface area (Å²) < 4.78 is 1.54. The smallest absolute Gasteiger partial charge is 0.287 e. The van der Waals surface area contributed by atoms with Gasteiger partial charge in [0.25, 0.3) is 11.6 Å². The van der Waals surface area contributed by atoms with Crippen molar-refractivity contribution in [1.82, 2.24) is 14.8 Å². The number of carbonyl (C=O) groups excluding carboxylic acids is 1. The van der Waals surface area contributed by atoms with Crippen LogP contribution in [0.1, 0.15) is 29.9 Å². The first-order valence-electron chi connectivity index (χ1n) is 6.25. The number of hydrogen-bond donors (Lipinski definition) is 2. The lowest BCUT2D eigenvalue weighted by Crippen LogP contribution is -2.17. The summed E-state index contributed by atoms with van der Waals surface area (Å²) in [6.07, 6.45) is 3.71. The molecule has 106 valence electrons. The summed E-state index contributed by atoms with van der Waals surface area (Å²) in [6.45, 7) is 4.23. The van der Waals surface area contributed by atoms with Crippen LogP contribution < -0.4 is 5.32 Å². The second kappa shape index (κ2) is 5.55. The molecular weight excluding hydrogens is 262 g/mol. The van der Waals surface area contributed by atoms with E-state index in [0.29, 0.717) is 12.4 Å². The minimum Gasteiger partial charge on any atom is -0.337 e. The van der Waals surface area contributed by atoms with Crippen LogP contribution in [-0.4, -0.2) is 25.6 Å². The first-order valence-corrected chi connectivity index (χ1v) is 6.25. The summed E-state index contributed by atoms with van der Waals surface area (Å²) in [6, 6.07) is 1.26. The molecule has 0 saturated carbocycles. The lowest BCUT2D eigenvalue weighted by atomic mass is 10.2. The van der Waals surface area contributed by atoms with Gasteiger partial charge in [-0.1, -0.05) is 6.92 Å². The number of amides is 1. The number of aromatic nitrogens is 3. The third-order valence-corrected chi connectivity index (χ3v) is 3.00. The van der Waals surface area contributed by atoms with Crippen molar-refractivity contribution in [3.63, 3.8) is 0 Å². The van der Waals surface area contributed by atoms with Crippen LogP contribution in [0, 0.1) is 10.1 Å². The summed E-state index contributed by atoms with van der Waals surface area (Å²) in [4.78, 5) is 22.4. The van der Waals surface area contributed by atoms with Crippen LogP contribution in [0.3, 0.4) is 0 Å². The maximum absolute atomic E-state index is 12.2. The fraction of sp³-hybridized carbons (Fsp3) is 0.333. The molecule has 0 saturated heterocycles. The van der Waals surface area contributed by atoms with E-state index in [0.717, 1.165) is 12.0 Å². The van der Waals surface area contributed by atoms with E-state index >= 15 is 0 Å². The number of H-pyrrole nitrogens is 1. The zero-order chi connectivity index (χ0) is 14.7. The van der Waals surface area contributed by atoms with Gasteiger partial charge in [0.2, 0.25) is 0 Å². The zero-order valence-corrected chi connectivity index (χ0v) is 11.2. The van der Waals surface area contributed by atoms with E-state index in [1.807, 2.05) is 13.8 Å². The number of carbonyl (C=O) groups is 1. The molecule has 1 amide bonds. The Bertz CT molecular complexity index is 643. The Balaban J connectivity index is 2.27. The Morgan fingerprint density at radius 2 is 2.30 bits per heavy atom. The second-order valence-corrected chi connectivity index (χ2v) is 4.20. The highest BCUT2D eigenvalue weighted by Crippen LogP contribution is 2.19. The number of aromatic amines is 1. The molecule has 20 heavy (non-hydrogen) atoms. The molecule has 8 heteroatoms. The molecule has 8 nitrogen and oxygen atoms in total. The van der Waals surface area contributed by atoms with Gasteiger partial charge in [0.15, 0.2) is 0 Å². The molecule has 2 rings (SSSR count). The van der Waals surface area contributed by atoms with Crippen LogP contribution >= 0.6 is 0 Å². The van der Waals surface area contributed by atoms with E-state index in [9.17, 15) is 14.9 Å². The molecule has 0 aliphatic heterocycles. The van der Waals surface area contributed by atoms with Crippen molar-refractivity contribution >= 4 is 17.4 Å². The molecule has 0 spiro atoms. The number of nitrogens with one attached hydrogen (secondary N) is 2. The van der Waals surface area contributed by atoms with Crippen LogP contribution in [0.2, 0.25) is 0 Å². The maximum atomic E-state index is 12.2. The number of hydrogen-bond acceptors (Lipinski definition) is 4. The largest absolute Gasteiger partial charge is 0.337 e. The molecular formula is C12H15N5O3. The fourth-order valence-electron chi connectivity index (χ4n) is 1.91. The first kappa shape index (κ1) is 13.8. The second-order valence-electron chi connectivity index (χ2n) is 4.20. The predicted molar refractivity (Wildman–Crippen MR) is 72.7 cm³/mol. The molecule has 0 radical (unpaired) electrons. The highest BCUT2D eigenvalue weighted by atomic mass is 16.6. The molecule has 0 bridgehead atoms. The average molecular weight is 277 g/mol. The summed E-state index contributed by atoms with van der Waals surface area (Å²) in [7, 11) is 0. The molecule has 2 heterocycles. The lowest BCUT2D eigenvalue weighted by Gasteiger charge is -2.06. The number of nitrogens with zero attached hydrogens (tertiary/aromatic N) is 3. The van der Waals surface area contributed by atoms with Gasteiger partial charge in [-0.3, -0.25) is 20.0 Å².